The molecule has 1 heterocycles. The number of aliphatic hydroxyl groups is 1. The van der Waals surface area contributed by atoms with Gasteiger partial charge in [-0.3, -0.25) is 0 Å². The molecule has 0 spiro atoms. The summed E-state index contributed by atoms with van der Waals surface area (Å²) in [6.07, 6.45) is 17.5. The Morgan fingerprint density at radius 2 is 1.62 bits per heavy atom. The van der Waals surface area contributed by atoms with E-state index in [4.69, 9.17) is 14.2 Å². The third-order valence-electron chi connectivity index (χ3n) is 4.50. The number of hydrogen-bond donors (Lipinski definition) is 1. The van der Waals surface area contributed by atoms with E-state index >= 15 is 0 Å². The Bertz CT molecular complexity index is 302. The average Bonchev–Trinajstić information content (AvgIpc) is 3.41. The summed E-state index contributed by atoms with van der Waals surface area (Å²) in [5, 5.41) is 10.2. The van der Waals surface area contributed by atoms with E-state index in [0.29, 0.717) is 6.61 Å². The van der Waals surface area contributed by atoms with Crippen molar-refractivity contribution in [2.24, 2.45) is 0 Å². The Morgan fingerprint density at radius 3 is 2.17 bits per heavy atom. The SMILES string of the molecule is CCCCCCCCCCCC/C=C/[C@@H](O)[C@H](OCOC)[C@H]1CO1. The van der Waals surface area contributed by atoms with Crippen molar-refractivity contribution in [1.29, 1.82) is 0 Å². The van der Waals surface area contributed by atoms with Crippen molar-refractivity contribution in [2.75, 3.05) is 20.5 Å². The molecule has 142 valence electrons. The van der Waals surface area contributed by atoms with Gasteiger partial charge >= 0.3 is 0 Å². The van der Waals surface area contributed by atoms with Crippen LogP contribution in [0.15, 0.2) is 12.2 Å². The summed E-state index contributed by atoms with van der Waals surface area (Å²) in [5.74, 6) is 0. The van der Waals surface area contributed by atoms with Crippen LogP contribution in [0.1, 0.15) is 77.6 Å². The third kappa shape index (κ3) is 11.2. The maximum Gasteiger partial charge on any atom is 0.146 e. The first-order valence-electron chi connectivity index (χ1n) is 9.86. The fourth-order valence-corrected chi connectivity index (χ4v) is 2.91. The maximum atomic E-state index is 10.2. The number of aliphatic hydroxyl groups excluding tert-OH is 1. The van der Waals surface area contributed by atoms with Gasteiger partial charge in [-0.2, -0.15) is 0 Å². The van der Waals surface area contributed by atoms with E-state index in [-0.39, 0.29) is 19.0 Å². The summed E-state index contributed by atoms with van der Waals surface area (Å²) in [4.78, 5) is 0. The average molecular weight is 343 g/mol. The van der Waals surface area contributed by atoms with Gasteiger partial charge in [0.15, 0.2) is 0 Å². The monoisotopic (exact) mass is 342 g/mol. The van der Waals surface area contributed by atoms with Crippen molar-refractivity contribution >= 4 is 0 Å². The molecule has 0 aromatic carbocycles. The molecule has 1 N–H and O–H groups in total. The first-order valence-corrected chi connectivity index (χ1v) is 9.86. The summed E-state index contributed by atoms with van der Waals surface area (Å²) in [5.41, 5.74) is 0. The molecule has 0 aliphatic carbocycles. The Hall–Kier alpha value is -0.420. The first kappa shape index (κ1) is 21.6. The van der Waals surface area contributed by atoms with Crippen LogP contribution in [0.2, 0.25) is 0 Å². The van der Waals surface area contributed by atoms with Crippen LogP contribution in [0.3, 0.4) is 0 Å². The van der Waals surface area contributed by atoms with Gasteiger partial charge in [-0.25, -0.2) is 0 Å². The van der Waals surface area contributed by atoms with Crippen LogP contribution in [0, 0.1) is 0 Å². The van der Waals surface area contributed by atoms with E-state index in [9.17, 15) is 5.11 Å². The van der Waals surface area contributed by atoms with E-state index in [1.54, 1.807) is 7.11 Å². The summed E-state index contributed by atoms with van der Waals surface area (Å²) < 4.78 is 15.6. The Labute approximate surface area is 148 Å². The molecule has 0 unspecified atom stereocenters. The number of rotatable bonds is 17. The fourth-order valence-electron chi connectivity index (χ4n) is 2.91. The molecule has 0 radical (unpaired) electrons. The van der Waals surface area contributed by atoms with Gasteiger partial charge in [0, 0.05) is 7.11 Å². The summed E-state index contributed by atoms with van der Waals surface area (Å²) in [6.45, 7) is 3.12. The van der Waals surface area contributed by atoms with Crippen molar-refractivity contribution in [3.63, 3.8) is 0 Å². The van der Waals surface area contributed by atoms with E-state index < -0.39 is 6.10 Å². The van der Waals surface area contributed by atoms with Gasteiger partial charge in [-0.1, -0.05) is 76.9 Å². The minimum absolute atomic E-state index is 0.0112. The van der Waals surface area contributed by atoms with Crippen molar-refractivity contribution in [3.05, 3.63) is 12.2 Å². The second kappa shape index (κ2) is 14.9. The van der Waals surface area contributed by atoms with Crippen LogP contribution in [0.5, 0.6) is 0 Å². The van der Waals surface area contributed by atoms with E-state index in [2.05, 4.69) is 13.0 Å². The van der Waals surface area contributed by atoms with E-state index in [1.807, 2.05) is 6.08 Å². The lowest BCUT2D eigenvalue weighted by Gasteiger charge is -2.18. The van der Waals surface area contributed by atoms with Crippen molar-refractivity contribution in [3.8, 4) is 0 Å². The molecule has 3 atom stereocenters. The highest BCUT2D eigenvalue weighted by molar-refractivity contribution is 4.98. The normalized spacial score (nSPS) is 19.7. The van der Waals surface area contributed by atoms with Crippen LogP contribution in [0.25, 0.3) is 0 Å². The van der Waals surface area contributed by atoms with Gasteiger partial charge < -0.3 is 19.3 Å². The zero-order chi connectivity index (χ0) is 17.5. The Kier molecular flexibility index (Phi) is 13.4. The molecule has 4 nitrogen and oxygen atoms in total. The zero-order valence-corrected chi connectivity index (χ0v) is 15.8. The Morgan fingerprint density at radius 1 is 1.04 bits per heavy atom. The highest BCUT2D eigenvalue weighted by atomic mass is 16.7. The standard InChI is InChI=1S/C20H38O4/c1-3-4-5-6-7-8-9-10-11-12-13-14-15-18(21)20(19-16-23-19)24-17-22-2/h14-15,18-21H,3-13,16-17H2,1-2H3/b15-14+/t18-,19-,20+/m1/s1. The van der Waals surface area contributed by atoms with Crippen molar-refractivity contribution in [2.45, 2.75) is 95.9 Å². The van der Waals surface area contributed by atoms with Gasteiger partial charge in [-0.05, 0) is 12.8 Å². The van der Waals surface area contributed by atoms with Gasteiger partial charge in [0.05, 0.1) is 6.61 Å². The smallest absolute Gasteiger partial charge is 0.146 e. The molecule has 0 aromatic heterocycles. The molecular formula is C20H38O4. The topological polar surface area (TPSA) is 51.2 Å². The lowest BCUT2D eigenvalue weighted by atomic mass is 10.1. The van der Waals surface area contributed by atoms with Gasteiger partial charge in [0.25, 0.3) is 0 Å². The van der Waals surface area contributed by atoms with Crippen molar-refractivity contribution in [1.82, 2.24) is 0 Å². The largest absolute Gasteiger partial charge is 0.386 e. The number of methoxy groups -OCH3 is 1. The summed E-state index contributed by atoms with van der Waals surface area (Å²) >= 11 is 0. The molecular weight excluding hydrogens is 304 g/mol. The molecule has 1 rings (SSSR count). The lowest BCUT2D eigenvalue weighted by Crippen LogP contribution is -2.33. The summed E-state index contributed by atoms with van der Waals surface area (Å²) in [7, 11) is 1.58. The van der Waals surface area contributed by atoms with E-state index in [0.717, 1.165) is 6.42 Å². The van der Waals surface area contributed by atoms with Crippen LogP contribution in [-0.2, 0) is 14.2 Å². The molecule has 1 fully saturated rings. The van der Waals surface area contributed by atoms with Crippen molar-refractivity contribution < 1.29 is 19.3 Å². The molecule has 0 aromatic rings. The van der Waals surface area contributed by atoms with Crippen LogP contribution in [0.4, 0.5) is 0 Å². The van der Waals surface area contributed by atoms with Crippen LogP contribution in [-0.4, -0.2) is 43.9 Å². The highest BCUT2D eigenvalue weighted by Crippen LogP contribution is 2.21. The molecule has 1 aliphatic heterocycles. The van der Waals surface area contributed by atoms with Gasteiger partial charge in [0.2, 0.25) is 0 Å². The highest BCUT2D eigenvalue weighted by Gasteiger charge is 2.37. The fraction of sp³-hybridized carbons (Fsp3) is 0.900. The maximum absolute atomic E-state index is 10.2. The number of hydrogen-bond acceptors (Lipinski definition) is 4. The molecule has 0 amide bonds. The van der Waals surface area contributed by atoms with E-state index in [1.165, 1.54) is 64.2 Å². The molecule has 1 aliphatic rings. The Balaban J connectivity index is 1.94. The first-order chi connectivity index (χ1) is 11.8. The lowest BCUT2D eigenvalue weighted by molar-refractivity contribution is -0.110. The third-order valence-corrected chi connectivity index (χ3v) is 4.50. The second-order valence-corrected chi connectivity index (χ2v) is 6.80. The zero-order valence-electron chi connectivity index (χ0n) is 15.8. The minimum atomic E-state index is -0.615. The van der Waals surface area contributed by atoms with Gasteiger partial charge in [-0.15, -0.1) is 0 Å². The van der Waals surface area contributed by atoms with Crippen LogP contribution >= 0.6 is 0 Å². The van der Waals surface area contributed by atoms with Gasteiger partial charge in [0.1, 0.15) is 25.1 Å². The number of epoxide rings is 1. The number of allylic oxidation sites excluding steroid dienone is 1. The second-order valence-electron chi connectivity index (χ2n) is 6.80. The molecule has 4 heteroatoms. The molecule has 24 heavy (non-hydrogen) atoms. The van der Waals surface area contributed by atoms with Crippen LogP contribution < -0.4 is 0 Å². The number of ether oxygens (including phenoxy) is 3. The predicted octanol–water partition coefficient (Wildman–Crippen LogP) is 4.60. The predicted molar refractivity (Wildman–Crippen MR) is 98.1 cm³/mol. The quantitative estimate of drug-likeness (QED) is 0.182. The number of unbranched alkanes of at least 4 members (excludes halogenated alkanes) is 10. The summed E-state index contributed by atoms with van der Waals surface area (Å²) in [6, 6.07) is 0. The minimum Gasteiger partial charge on any atom is -0.386 e. The molecule has 0 saturated carbocycles. The molecule has 0 bridgehead atoms. The molecule has 1 saturated heterocycles.